The van der Waals surface area contributed by atoms with Gasteiger partial charge >= 0.3 is 5.97 Å². The number of halogens is 2. The number of amides is 2. The SMILES string of the molecule is CC(=O)OCc1nc(C(Cl)Cl)cnc1N1C(=O)c2ccccc2C1=O. The third-order valence-electron chi connectivity index (χ3n) is 3.48. The molecule has 0 atom stereocenters. The molecule has 2 heterocycles. The molecule has 128 valence electrons. The van der Waals surface area contributed by atoms with E-state index in [1.165, 1.54) is 13.1 Å². The van der Waals surface area contributed by atoms with Crippen LogP contribution in [-0.2, 0) is 16.1 Å². The number of benzene rings is 1. The topological polar surface area (TPSA) is 89.5 Å². The normalized spacial score (nSPS) is 13.4. The van der Waals surface area contributed by atoms with E-state index in [4.69, 9.17) is 27.9 Å². The van der Waals surface area contributed by atoms with E-state index in [2.05, 4.69) is 9.97 Å². The number of carbonyl (C=O) groups is 3. The van der Waals surface area contributed by atoms with Crippen molar-refractivity contribution in [3.8, 4) is 0 Å². The van der Waals surface area contributed by atoms with Gasteiger partial charge in [0, 0.05) is 6.92 Å². The number of rotatable bonds is 4. The molecule has 1 aliphatic rings. The maximum Gasteiger partial charge on any atom is 0.303 e. The van der Waals surface area contributed by atoms with Crippen molar-refractivity contribution in [1.82, 2.24) is 9.97 Å². The first kappa shape index (κ1) is 17.3. The van der Waals surface area contributed by atoms with E-state index < -0.39 is 22.6 Å². The number of hydrogen-bond donors (Lipinski definition) is 0. The van der Waals surface area contributed by atoms with Gasteiger partial charge in [0.25, 0.3) is 11.8 Å². The fourth-order valence-corrected chi connectivity index (χ4v) is 2.59. The lowest BCUT2D eigenvalue weighted by Gasteiger charge is -2.17. The Morgan fingerprint density at radius 1 is 1.20 bits per heavy atom. The van der Waals surface area contributed by atoms with Gasteiger partial charge in [-0.3, -0.25) is 14.4 Å². The van der Waals surface area contributed by atoms with Crippen molar-refractivity contribution in [1.29, 1.82) is 0 Å². The van der Waals surface area contributed by atoms with Gasteiger partial charge < -0.3 is 4.74 Å². The lowest BCUT2D eigenvalue weighted by molar-refractivity contribution is -0.142. The molecule has 9 heteroatoms. The number of carbonyl (C=O) groups excluding carboxylic acids is 3. The van der Waals surface area contributed by atoms with Crippen LogP contribution in [0.4, 0.5) is 5.82 Å². The van der Waals surface area contributed by atoms with Gasteiger partial charge in [0.15, 0.2) is 10.7 Å². The molecule has 25 heavy (non-hydrogen) atoms. The molecular formula is C16H11Cl2N3O4. The molecule has 2 amide bonds. The second-order valence-electron chi connectivity index (χ2n) is 5.14. The predicted octanol–water partition coefficient (Wildman–Crippen LogP) is 2.82. The van der Waals surface area contributed by atoms with Crippen LogP contribution in [-0.4, -0.2) is 27.8 Å². The molecule has 0 radical (unpaired) electrons. The summed E-state index contributed by atoms with van der Waals surface area (Å²) in [6.45, 7) is 0.949. The van der Waals surface area contributed by atoms with Crippen LogP contribution in [0.2, 0.25) is 0 Å². The number of anilines is 1. The molecule has 2 aromatic rings. The molecule has 1 aromatic heterocycles. The summed E-state index contributed by atoms with van der Waals surface area (Å²) in [5.41, 5.74) is 0.855. The van der Waals surface area contributed by atoms with Crippen molar-refractivity contribution in [2.24, 2.45) is 0 Å². The lowest BCUT2D eigenvalue weighted by Crippen LogP contribution is -2.32. The average Bonchev–Trinajstić information content (AvgIpc) is 2.84. The molecule has 0 aliphatic carbocycles. The van der Waals surface area contributed by atoms with Crippen molar-refractivity contribution in [2.45, 2.75) is 18.4 Å². The minimum atomic E-state index is -0.959. The van der Waals surface area contributed by atoms with Crippen LogP contribution in [0.25, 0.3) is 0 Å². The zero-order chi connectivity index (χ0) is 18.1. The molecule has 1 aliphatic heterocycles. The summed E-state index contributed by atoms with van der Waals surface area (Å²) in [7, 11) is 0. The van der Waals surface area contributed by atoms with Crippen molar-refractivity contribution in [2.75, 3.05) is 4.90 Å². The highest BCUT2D eigenvalue weighted by molar-refractivity contribution is 6.43. The van der Waals surface area contributed by atoms with Crippen LogP contribution in [0.15, 0.2) is 30.5 Å². The Morgan fingerprint density at radius 3 is 2.32 bits per heavy atom. The van der Waals surface area contributed by atoms with E-state index in [9.17, 15) is 14.4 Å². The van der Waals surface area contributed by atoms with Crippen molar-refractivity contribution in [3.05, 3.63) is 53.0 Å². The maximum atomic E-state index is 12.6. The number of nitrogens with zero attached hydrogens (tertiary/aromatic N) is 3. The zero-order valence-electron chi connectivity index (χ0n) is 12.9. The Balaban J connectivity index is 2.06. The summed E-state index contributed by atoms with van der Waals surface area (Å²) in [5.74, 6) is -1.63. The van der Waals surface area contributed by atoms with E-state index >= 15 is 0 Å². The third-order valence-corrected chi connectivity index (χ3v) is 3.93. The quantitative estimate of drug-likeness (QED) is 0.460. The van der Waals surface area contributed by atoms with Crippen LogP contribution in [0, 0.1) is 0 Å². The van der Waals surface area contributed by atoms with Gasteiger partial charge in [-0.1, -0.05) is 35.3 Å². The highest BCUT2D eigenvalue weighted by Crippen LogP contribution is 2.31. The number of imide groups is 1. The average molecular weight is 380 g/mol. The highest BCUT2D eigenvalue weighted by atomic mass is 35.5. The lowest BCUT2D eigenvalue weighted by atomic mass is 10.1. The largest absolute Gasteiger partial charge is 0.459 e. The van der Waals surface area contributed by atoms with E-state index in [0.717, 1.165) is 4.90 Å². The monoisotopic (exact) mass is 379 g/mol. The first-order chi connectivity index (χ1) is 11.9. The van der Waals surface area contributed by atoms with E-state index in [-0.39, 0.29) is 34.9 Å². The fourth-order valence-electron chi connectivity index (χ4n) is 2.38. The molecule has 0 unspecified atom stereocenters. The molecule has 7 nitrogen and oxygen atoms in total. The molecule has 0 bridgehead atoms. The Labute approximate surface area is 152 Å². The Bertz CT molecular complexity index is 850. The predicted molar refractivity (Wildman–Crippen MR) is 89.5 cm³/mol. The molecule has 0 spiro atoms. The molecule has 3 rings (SSSR count). The number of alkyl halides is 2. The number of ether oxygens (including phenoxy) is 1. The van der Waals surface area contributed by atoms with Gasteiger partial charge in [-0.2, -0.15) is 0 Å². The highest BCUT2D eigenvalue weighted by Gasteiger charge is 2.38. The number of hydrogen-bond acceptors (Lipinski definition) is 6. The van der Waals surface area contributed by atoms with Gasteiger partial charge in [0.2, 0.25) is 0 Å². The zero-order valence-corrected chi connectivity index (χ0v) is 14.4. The summed E-state index contributed by atoms with van der Waals surface area (Å²) in [5, 5.41) is 0. The number of esters is 1. The van der Waals surface area contributed by atoms with Crippen LogP contribution >= 0.6 is 23.2 Å². The first-order valence-electron chi connectivity index (χ1n) is 7.15. The summed E-state index contributed by atoms with van der Waals surface area (Å²) in [4.78, 5) is 44.5. The van der Waals surface area contributed by atoms with Crippen LogP contribution < -0.4 is 4.90 Å². The van der Waals surface area contributed by atoms with E-state index in [1.54, 1.807) is 24.3 Å². The second-order valence-corrected chi connectivity index (χ2v) is 6.23. The second kappa shape index (κ2) is 6.78. The van der Waals surface area contributed by atoms with Crippen molar-refractivity contribution >= 4 is 46.8 Å². The van der Waals surface area contributed by atoms with Crippen LogP contribution in [0.5, 0.6) is 0 Å². The van der Waals surface area contributed by atoms with E-state index in [1.807, 2.05) is 0 Å². The van der Waals surface area contributed by atoms with Gasteiger partial charge in [-0.25, -0.2) is 14.9 Å². The molecule has 0 saturated heterocycles. The summed E-state index contributed by atoms with van der Waals surface area (Å²) >= 11 is 11.6. The van der Waals surface area contributed by atoms with Gasteiger partial charge in [-0.15, -0.1) is 0 Å². The van der Waals surface area contributed by atoms with Gasteiger partial charge in [0.1, 0.15) is 12.3 Å². The van der Waals surface area contributed by atoms with Crippen LogP contribution in [0.1, 0.15) is 43.9 Å². The Kier molecular flexibility index (Phi) is 4.69. The molecule has 0 saturated carbocycles. The van der Waals surface area contributed by atoms with Crippen molar-refractivity contribution < 1.29 is 19.1 Å². The van der Waals surface area contributed by atoms with E-state index in [0.29, 0.717) is 0 Å². The van der Waals surface area contributed by atoms with Gasteiger partial charge in [0.05, 0.1) is 23.0 Å². The summed E-state index contributed by atoms with van der Waals surface area (Å²) < 4.78 is 4.93. The Morgan fingerprint density at radius 2 is 1.80 bits per heavy atom. The smallest absolute Gasteiger partial charge is 0.303 e. The summed E-state index contributed by atoms with van der Waals surface area (Å²) in [6.07, 6.45) is 1.26. The molecule has 1 aromatic carbocycles. The maximum absolute atomic E-state index is 12.6. The number of fused-ring (bicyclic) bond motifs is 1. The van der Waals surface area contributed by atoms with Crippen LogP contribution in [0.3, 0.4) is 0 Å². The third kappa shape index (κ3) is 3.20. The summed E-state index contributed by atoms with van der Waals surface area (Å²) in [6, 6.07) is 6.43. The number of aromatic nitrogens is 2. The fraction of sp³-hybridized carbons (Fsp3) is 0.188. The molecular weight excluding hydrogens is 369 g/mol. The van der Waals surface area contributed by atoms with Gasteiger partial charge in [-0.05, 0) is 12.1 Å². The molecule has 0 fully saturated rings. The molecule has 0 N–H and O–H groups in total. The standard InChI is InChI=1S/C16H11Cl2N3O4/c1-8(22)25-7-12-14(19-6-11(20-12)13(17)18)21-15(23)9-4-2-3-5-10(9)16(21)24/h2-6,13H,7H2,1H3. The Hall–Kier alpha value is -2.51. The minimum absolute atomic E-state index is 0.0230. The van der Waals surface area contributed by atoms with Crippen molar-refractivity contribution in [3.63, 3.8) is 0 Å². The minimum Gasteiger partial charge on any atom is -0.459 e. The first-order valence-corrected chi connectivity index (χ1v) is 8.02.